The molecule has 7 nitrogen and oxygen atoms in total. The van der Waals surface area contributed by atoms with Gasteiger partial charge >= 0.3 is 6.03 Å². The van der Waals surface area contributed by atoms with Gasteiger partial charge in [-0.15, -0.1) is 5.10 Å². The highest BCUT2D eigenvalue weighted by molar-refractivity contribution is 5.76. The van der Waals surface area contributed by atoms with E-state index in [1.807, 2.05) is 30.5 Å². The van der Waals surface area contributed by atoms with Crippen LogP contribution in [0.5, 0.6) is 5.75 Å². The van der Waals surface area contributed by atoms with Crippen molar-refractivity contribution in [2.75, 3.05) is 26.2 Å². The van der Waals surface area contributed by atoms with E-state index in [4.69, 9.17) is 4.74 Å². The molecule has 0 bridgehead atoms. The molecular weight excluding hydrogens is 294 g/mol. The van der Waals surface area contributed by atoms with Gasteiger partial charge in [-0.1, -0.05) is 24.3 Å². The molecule has 0 atom stereocenters. The highest BCUT2D eigenvalue weighted by atomic mass is 16.5. The average Bonchev–Trinajstić information content (AvgIpc) is 3.20. The first-order valence-corrected chi connectivity index (χ1v) is 7.92. The summed E-state index contributed by atoms with van der Waals surface area (Å²) in [6, 6.07) is 7.84. The van der Waals surface area contributed by atoms with Gasteiger partial charge in [0.1, 0.15) is 11.4 Å². The molecule has 1 aliphatic heterocycles. The summed E-state index contributed by atoms with van der Waals surface area (Å²) in [7, 11) is 0. The number of hydrogen-bond acceptors (Lipinski definition) is 4. The smallest absolute Gasteiger partial charge is 0.317 e. The van der Waals surface area contributed by atoms with Crippen molar-refractivity contribution in [3.05, 3.63) is 30.5 Å². The highest BCUT2D eigenvalue weighted by Crippen LogP contribution is 2.22. The summed E-state index contributed by atoms with van der Waals surface area (Å²) in [5.41, 5.74) is 1.78. The van der Waals surface area contributed by atoms with Gasteiger partial charge in [0.25, 0.3) is 0 Å². The Bertz CT molecular complexity index is 670. The molecule has 2 aromatic rings. The van der Waals surface area contributed by atoms with Crippen LogP contribution in [0.15, 0.2) is 30.5 Å². The molecule has 1 saturated heterocycles. The van der Waals surface area contributed by atoms with Gasteiger partial charge in [0.2, 0.25) is 0 Å². The first-order valence-electron chi connectivity index (χ1n) is 7.92. The van der Waals surface area contributed by atoms with Crippen LogP contribution in [-0.2, 0) is 6.54 Å². The Morgan fingerprint density at radius 3 is 3.04 bits per heavy atom. The quantitative estimate of drug-likeness (QED) is 0.845. The monoisotopic (exact) mass is 315 g/mol. The zero-order chi connectivity index (χ0) is 16.1. The molecule has 1 aromatic carbocycles. The summed E-state index contributed by atoms with van der Waals surface area (Å²) in [5.74, 6) is 0.840. The van der Waals surface area contributed by atoms with Gasteiger partial charge in [-0.2, -0.15) is 0 Å². The van der Waals surface area contributed by atoms with Crippen molar-refractivity contribution in [2.45, 2.75) is 19.9 Å². The van der Waals surface area contributed by atoms with Crippen LogP contribution in [0.1, 0.15) is 13.3 Å². The van der Waals surface area contributed by atoms with Crippen LogP contribution in [0.2, 0.25) is 0 Å². The van der Waals surface area contributed by atoms with Crippen molar-refractivity contribution in [1.82, 2.24) is 25.2 Å². The number of aromatic nitrogens is 3. The van der Waals surface area contributed by atoms with Crippen molar-refractivity contribution < 1.29 is 9.53 Å². The Labute approximate surface area is 135 Å². The fourth-order valence-corrected chi connectivity index (χ4v) is 2.45. The SMILES string of the molecule is CCCOc1cccc(-c2cn(CCN3CCNC3=O)nn2)c1. The molecule has 0 saturated carbocycles. The fraction of sp³-hybridized carbons (Fsp3) is 0.438. The topological polar surface area (TPSA) is 72.3 Å². The maximum Gasteiger partial charge on any atom is 0.317 e. The molecule has 7 heteroatoms. The Hall–Kier alpha value is -2.57. The minimum absolute atomic E-state index is 0.00823. The van der Waals surface area contributed by atoms with E-state index in [1.165, 1.54) is 0 Å². The van der Waals surface area contributed by atoms with E-state index in [0.29, 0.717) is 26.2 Å². The maximum absolute atomic E-state index is 11.5. The van der Waals surface area contributed by atoms with Crippen LogP contribution in [0.3, 0.4) is 0 Å². The molecule has 2 heterocycles. The number of nitrogens with zero attached hydrogens (tertiary/aromatic N) is 4. The van der Waals surface area contributed by atoms with E-state index in [2.05, 4.69) is 22.6 Å². The predicted octanol–water partition coefficient (Wildman–Crippen LogP) is 1.76. The molecule has 3 rings (SSSR count). The van der Waals surface area contributed by atoms with Crippen LogP contribution in [0, 0.1) is 0 Å². The number of urea groups is 1. The number of nitrogens with one attached hydrogen (secondary N) is 1. The lowest BCUT2D eigenvalue weighted by molar-refractivity contribution is 0.215. The third kappa shape index (κ3) is 3.80. The number of amides is 2. The van der Waals surface area contributed by atoms with Crippen LogP contribution in [0.25, 0.3) is 11.3 Å². The molecule has 1 fully saturated rings. The second kappa shape index (κ2) is 7.13. The Morgan fingerprint density at radius 1 is 1.35 bits per heavy atom. The van der Waals surface area contributed by atoms with Crippen molar-refractivity contribution in [3.8, 4) is 17.0 Å². The lowest BCUT2D eigenvalue weighted by atomic mass is 10.1. The molecule has 23 heavy (non-hydrogen) atoms. The van der Waals surface area contributed by atoms with Gasteiger partial charge in [-0.3, -0.25) is 4.68 Å². The summed E-state index contributed by atoms with van der Waals surface area (Å²) < 4.78 is 7.41. The molecule has 1 aromatic heterocycles. The number of carbonyl (C=O) groups excluding carboxylic acids is 1. The average molecular weight is 315 g/mol. The van der Waals surface area contributed by atoms with Crippen LogP contribution in [0.4, 0.5) is 4.79 Å². The number of hydrogen-bond donors (Lipinski definition) is 1. The summed E-state index contributed by atoms with van der Waals surface area (Å²) in [6.45, 7) is 5.51. The number of benzene rings is 1. The Kier molecular flexibility index (Phi) is 4.75. The van der Waals surface area contributed by atoms with Crippen molar-refractivity contribution >= 4 is 6.03 Å². The predicted molar refractivity (Wildman–Crippen MR) is 86.2 cm³/mol. The summed E-state index contributed by atoms with van der Waals surface area (Å²) in [6.07, 6.45) is 2.87. The minimum atomic E-state index is -0.00823. The van der Waals surface area contributed by atoms with E-state index in [-0.39, 0.29) is 6.03 Å². The molecular formula is C16H21N5O2. The molecule has 0 spiro atoms. The van der Waals surface area contributed by atoms with Gasteiger partial charge in [0, 0.05) is 25.2 Å². The Balaban J connectivity index is 1.63. The van der Waals surface area contributed by atoms with Crippen molar-refractivity contribution in [2.24, 2.45) is 0 Å². The fourth-order valence-electron chi connectivity index (χ4n) is 2.45. The largest absolute Gasteiger partial charge is 0.494 e. The molecule has 0 radical (unpaired) electrons. The second-order valence-corrected chi connectivity index (χ2v) is 5.46. The van der Waals surface area contributed by atoms with Crippen molar-refractivity contribution in [3.63, 3.8) is 0 Å². The molecule has 1 N–H and O–H groups in total. The summed E-state index contributed by atoms with van der Waals surface area (Å²) in [4.78, 5) is 13.3. The van der Waals surface area contributed by atoms with E-state index < -0.39 is 0 Å². The van der Waals surface area contributed by atoms with E-state index in [0.717, 1.165) is 30.0 Å². The number of rotatable bonds is 7. The molecule has 0 unspecified atom stereocenters. The standard InChI is InChI=1S/C16H21N5O2/c1-2-10-23-14-5-3-4-13(11-14)15-12-21(19-18-15)9-8-20-7-6-17-16(20)22/h3-5,11-12H,2,6-10H2,1H3,(H,17,22). The molecule has 0 aliphatic carbocycles. The molecule has 2 amide bonds. The van der Waals surface area contributed by atoms with Crippen LogP contribution >= 0.6 is 0 Å². The third-order valence-corrected chi connectivity index (χ3v) is 3.69. The zero-order valence-corrected chi connectivity index (χ0v) is 13.2. The highest BCUT2D eigenvalue weighted by Gasteiger charge is 2.18. The van der Waals surface area contributed by atoms with Gasteiger partial charge in [0.15, 0.2) is 0 Å². The normalized spacial score (nSPS) is 14.1. The van der Waals surface area contributed by atoms with Gasteiger partial charge in [-0.05, 0) is 18.6 Å². The lowest BCUT2D eigenvalue weighted by Gasteiger charge is -2.12. The van der Waals surface area contributed by atoms with E-state index in [9.17, 15) is 4.79 Å². The van der Waals surface area contributed by atoms with Crippen molar-refractivity contribution in [1.29, 1.82) is 0 Å². The maximum atomic E-state index is 11.5. The number of carbonyl (C=O) groups is 1. The van der Waals surface area contributed by atoms with Gasteiger partial charge in [-0.25, -0.2) is 4.79 Å². The zero-order valence-electron chi connectivity index (χ0n) is 13.2. The van der Waals surface area contributed by atoms with E-state index >= 15 is 0 Å². The molecule has 1 aliphatic rings. The second-order valence-electron chi connectivity index (χ2n) is 5.46. The molecule has 122 valence electrons. The number of ether oxygens (including phenoxy) is 1. The lowest BCUT2D eigenvalue weighted by Crippen LogP contribution is -2.31. The third-order valence-electron chi connectivity index (χ3n) is 3.69. The Morgan fingerprint density at radius 2 is 2.26 bits per heavy atom. The first-order chi connectivity index (χ1) is 11.3. The first kappa shape index (κ1) is 15.3. The van der Waals surface area contributed by atoms with Crippen LogP contribution in [-0.4, -0.2) is 52.2 Å². The van der Waals surface area contributed by atoms with Gasteiger partial charge < -0.3 is 15.0 Å². The summed E-state index contributed by atoms with van der Waals surface area (Å²) in [5, 5.41) is 11.1. The summed E-state index contributed by atoms with van der Waals surface area (Å²) >= 11 is 0. The van der Waals surface area contributed by atoms with E-state index in [1.54, 1.807) is 9.58 Å². The van der Waals surface area contributed by atoms with Crippen LogP contribution < -0.4 is 10.1 Å². The van der Waals surface area contributed by atoms with Gasteiger partial charge in [0.05, 0.1) is 19.3 Å². The minimum Gasteiger partial charge on any atom is -0.494 e.